The molecule has 1 saturated heterocycles. The molecule has 76 valence electrons. The minimum atomic E-state index is -1.30. The van der Waals surface area contributed by atoms with E-state index in [9.17, 15) is 20.3 Å². The lowest BCUT2D eigenvalue weighted by Gasteiger charge is -2.10. The van der Waals surface area contributed by atoms with Gasteiger partial charge in [-0.05, 0) is 0 Å². The third-order valence-electron chi connectivity index (χ3n) is 1.97. The number of ether oxygens (including phenoxy) is 1. The van der Waals surface area contributed by atoms with Crippen molar-refractivity contribution in [1.82, 2.24) is 0 Å². The molecule has 1 rings (SSSR count). The molecule has 0 amide bonds. The minimum absolute atomic E-state index is 0.466. The van der Waals surface area contributed by atoms with Crippen molar-refractivity contribution < 1.29 is 25.0 Å². The molecule has 13 heavy (non-hydrogen) atoms. The Balaban J connectivity index is 2.55. The Morgan fingerprint density at radius 1 is 1.31 bits per heavy atom. The van der Waals surface area contributed by atoms with Crippen molar-refractivity contribution in [2.45, 2.75) is 24.4 Å². The molecule has 7 heteroatoms. The molecule has 0 aromatic rings. The van der Waals surface area contributed by atoms with E-state index in [-0.39, 0.29) is 0 Å². The molecular weight excluding hydrogens is 182 g/mol. The van der Waals surface area contributed by atoms with Crippen LogP contribution in [0.3, 0.4) is 0 Å². The van der Waals surface area contributed by atoms with Gasteiger partial charge in [0.1, 0.15) is 18.3 Å². The number of hydrogen-bond donors (Lipinski definition) is 3. The number of nitro groups is 1. The van der Waals surface area contributed by atoms with Crippen LogP contribution < -0.4 is 0 Å². The van der Waals surface area contributed by atoms with E-state index >= 15 is 0 Å². The third kappa shape index (κ3) is 2.13. The SMILES string of the molecule is O=[N+]([O-])C[C@H]1O[C@H](CO)[C@@H](O)[C@H]1O. The maximum Gasteiger partial charge on any atom is 0.232 e. The van der Waals surface area contributed by atoms with Crippen molar-refractivity contribution in [2.75, 3.05) is 13.2 Å². The number of hydrogen-bond acceptors (Lipinski definition) is 6. The zero-order chi connectivity index (χ0) is 10.0. The second kappa shape index (κ2) is 3.97. The molecule has 7 nitrogen and oxygen atoms in total. The molecule has 3 N–H and O–H groups in total. The van der Waals surface area contributed by atoms with Gasteiger partial charge in [0.25, 0.3) is 0 Å². The van der Waals surface area contributed by atoms with Crippen molar-refractivity contribution in [3.05, 3.63) is 10.1 Å². The van der Waals surface area contributed by atoms with E-state index in [1.807, 2.05) is 0 Å². The number of nitrogens with zero attached hydrogens (tertiary/aromatic N) is 1. The van der Waals surface area contributed by atoms with E-state index in [1.54, 1.807) is 0 Å². The molecule has 1 aliphatic rings. The van der Waals surface area contributed by atoms with E-state index in [0.29, 0.717) is 0 Å². The first-order valence-corrected chi connectivity index (χ1v) is 3.80. The van der Waals surface area contributed by atoms with E-state index in [1.165, 1.54) is 0 Å². The lowest BCUT2D eigenvalue weighted by Crippen LogP contribution is -2.36. The van der Waals surface area contributed by atoms with E-state index in [2.05, 4.69) is 0 Å². The van der Waals surface area contributed by atoms with Crippen LogP contribution in [-0.2, 0) is 4.74 Å². The largest absolute Gasteiger partial charge is 0.394 e. The average Bonchev–Trinajstić information content (AvgIpc) is 2.32. The first-order chi connectivity index (χ1) is 6.06. The normalized spacial score (nSPS) is 39.3. The molecule has 0 aliphatic carbocycles. The summed E-state index contributed by atoms with van der Waals surface area (Å²) in [5.74, 6) is 0. The van der Waals surface area contributed by atoms with Crippen LogP contribution in [0.2, 0.25) is 0 Å². The maximum absolute atomic E-state index is 10.1. The van der Waals surface area contributed by atoms with Crippen molar-refractivity contribution in [3.8, 4) is 0 Å². The fourth-order valence-corrected chi connectivity index (χ4v) is 1.27. The predicted octanol–water partition coefficient (Wildman–Crippen LogP) is -2.26. The summed E-state index contributed by atoms with van der Waals surface area (Å²) in [6, 6.07) is 0. The molecule has 0 radical (unpaired) electrons. The van der Waals surface area contributed by atoms with Crippen LogP contribution in [0.4, 0.5) is 0 Å². The highest BCUT2D eigenvalue weighted by Gasteiger charge is 2.44. The summed E-state index contributed by atoms with van der Waals surface area (Å²) >= 11 is 0. The summed E-state index contributed by atoms with van der Waals surface area (Å²) < 4.78 is 4.85. The molecule has 0 spiro atoms. The Bertz CT molecular complexity index is 198. The van der Waals surface area contributed by atoms with Gasteiger partial charge in [0.15, 0.2) is 6.10 Å². The smallest absolute Gasteiger partial charge is 0.232 e. The van der Waals surface area contributed by atoms with Gasteiger partial charge in [-0.3, -0.25) is 10.1 Å². The highest BCUT2D eigenvalue weighted by atomic mass is 16.6. The monoisotopic (exact) mass is 193 g/mol. The number of aliphatic hydroxyl groups excluding tert-OH is 3. The van der Waals surface area contributed by atoms with Gasteiger partial charge >= 0.3 is 0 Å². The van der Waals surface area contributed by atoms with Gasteiger partial charge in [0.05, 0.1) is 6.61 Å². The maximum atomic E-state index is 10.1. The molecule has 0 saturated carbocycles. The van der Waals surface area contributed by atoms with Crippen LogP contribution in [0.1, 0.15) is 0 Å². The topological polar surface area (TPSA) is 113 Å². The van der Waals surface area contributed by atoms with Crippen LogP contribution in [0, 0.1) is 10.1 Å². The minimum Gasteiger partial charge on any atom is -0.394 e. The summed E-state index contributed by atoms with van der Waals surface area (Å²) in [6.45, 7) is -1.04. The zero-order valence-corrected chi connectivity index (χ0v) is 6.74. The number of rotatable bonds is 3. The molecular formula is C6H11NO6. The molecule has 1 fully saturated rings. The fourth-order valence-electron chi connectivity index (χ4n) is 1.27. The van der Waals surface area contributed by atoms with Crippen LogP contribution in [-0.4, -0.2) is 57.8 Å². The Morgan fingerprint density at radius 3 is 2.23 bits per heavy atom. The fraction of sp³-hybridized carbons (Fsp3) is 1.00. The summed E-state index contributed by atoms with van der Waals surface area (Å²) in [5, 5.41) is 37.1. The van der Waals surface area contributed by atoms with E-state index in [0.717, 1.165) is 0 Å². The van der Waals surface area contributed by atoms with Gasteiger partial charge in [-0.2, -0.15) is 0 Å². The highest BCUT2D eigenvalue weighted by Crippen LogP contribution is 2.20. The quantitative estimate of drug-likeness (QED) is 0.344. The van der Waals surface area contributed by atoms with E-state index < -0.39 is 42.5 Å². The average molecular weight is 193 g/mol. The summed E-state index contributed by atoms with van der Waals surface area (Å²) in [6.07, 6.45) is -4.53. The lowest BCUT2D eigenvalue weighted by atomic mass is 10.1. The predicted molar refractivity (Wildman–Crippen MR) is 39.6 cm³/mol. The molecule has 4 atom stereocenters. The van der Waals surface area contributed by atoms with E-state index in [4.69, 9.17) is 9.84 Å². The second-order valence-corrected chi connectivity index (χ2v) is 2.89. The Kier molecular flexibility index (Phi) is 3.15. The second-order valence-electron chi connectivity index (χ2n) is 2.89. The van der Waals surface area contributed by atoms with Gasteiger partial charge < -0.3 is 20.1 Å². The van der Waals surface area contributed by atoms with Gasteiger partial charge in [-0.15, -0.1) is 0 Å². The molecule has 0 aromatic carbocycles. The molecule has 1 heterocycles. The van der Waals surface area contributed by atoms with Crippen molar-refractivity contribution in [1.29, 1.82) is 0 Å². The van der Waals surface area contributed by atoms with Gasteiger partial charge in [0.2, 0.25) is 6.54 Å². The van der Waals surface area contributed by atoms with Crippen molar-refractivity contribution in [2.24, 2.45) is 0 Å². The summed E-state index contributed by atoms with van der Waals surface area (Å²) in [7, 11) is 0. The Hall–Kier alpha value is -0.760. The standard InChI is InChI=1S/C6H11NO6/c8-2-4-6(10)5(9)3(13-4)1-7(11)12/h3-6,8-10H,1-2H2/t3-,4-,5+,6-/m1/s1. The van der Waals surface area contributed by atoms with Crippen LogP contribution in [0.25, 0.3) is 0 Å². The van der Waals surface area contributed by atoms with Crippen LogP contribution in [0.15, 0.2) is 0 Å². The van der Waals surface area contributed by atoms with Crippen LogP contribution in [0.5, 0.6) is 0 Å². The summed E-state index contributed by atoms with van der Waals surface area (Å²) in [4.78, 5) is 9.43. The summed E-state index contributed by atoms with van der Waals surface area (Å²) in [5.41, 5.74) is 0. The van der Waals surface area contributed by atoms with Crippen LogP contribution >= 0.6 is 0 Å². The highest BCUT2D eigenvalue weighted by molar-refractivity contribution is 4.89. The molecule has 0 bridgehead atoms. The lowest BCUT2D eigenvalue weighted by molar-refractivity contribution is -0.492. The van der Waals surface area contributed by atoms with Crippen molar-refractivity contribution >= 4 is 0 Å². The van der Waals surface area contributed by atoms with Gasteiger partial charge in [-0.25, -0.2) is 0 Å². The Morgan fingerprint density at radius 2 is 1.85 bits per heavy atom. The van der Waals surface area contributed by atoms with Crippen molar-refractivity contribution in [3.63, 3.8) is 0 Å². The molecule has 1 aliphatic heterocycles. The third-order valence-corrected chi connectivity index (χ3v) is 1.97. The Labute approximate surface area is 73.7 Å². The molecule has 0 unspecified atom stereocenters. The van der Waals surface area contributed by atoms with Gasteiger partial charge in [0, 0.05) is 4.92 Å². The molecule has 0 aromatic heterocycles. The number of aliphatic hydroxyl groups is 3. The van der Waals surface area contributed by atoms with Gasteiger partial charge in [-0.1, -0.05) is 0 Å². The zero-order valence-electron chi connectivity index (χ0n) is 6.74. The first kappa shape index (κ1) is 10.3. The first-order valence-electron chi connectivity index (χ1n) is 3.80.